The second kappa shape index (κ2) is 7.63. The van der Waals surface area contributed by atoms with Gasteiger partial charge in [0.15, 0.2) is 11.5 Å². The average Bonchev–Trinajstić information content (AvgIpc) is 3.18. The van der Waals surface area contributed by atoms with Crippen LogP contribution in [0.15, 0.2) is 42.5 Å². The first-order valence-corrected chi connectivity index (χ1v) is 9.72. The van der Waals surface area contributed by atoms with Crippen LogP contribution in [0.5, 0.6) is 11.5 Å². The summed E-state index contributed by atoms with van der Waals surface area (Å²) in [7, 11) is 3.20. The second-order valence-corrected chi connectivity index (χ2v) is 7.46. The number of methoxy groups -OCH3 is 2. The van der Waals surface area contributed by atoms with Crippen LogP contribution >= 0.6 is 0 Å². The van der Waals surface area contributed by atoms with Gasteiger partial charge in [0.1, 0.15) is 0 Å². The van der Waals surface area contributed by atoms with Crippen molar-refractivity contribution in [2.75, 3.05) is 24.9 Å². The Morgan fingerprint density at radius 3 is 2.47 bits per heavy atom. The van der Waals surface area contributed by atoms with Crippen molar-refractivity contribution in [2.24, 2.45) is 0 Å². The van der Waals surface area contributed by atoms with Crippen LogP contribution in [0.2, 0.25) is 0 Å². The Kier molecular flexibility index (Phi) is 4.99. The fraction of sp³-hybridized carbons (Fsp3) is 0.208. The van der Waals surface area contributed by atoms with Crippen molar-refractivity contribution >= 4 is 28.9 Å². The van der Waals surface area contributed by atoms with Crippen LogP contribution in [0, 0.1) is 13.8 Å². The molecule has 0 saturated heterocycles. The maximum absolute atomic E-state index is 13.4. The molecule has 0 fully saturated rings. The molecule has 0 saturated carbocycles. The molecule has 0 bridgehead atoms. The summed E-state index contributed by atoms with van der Waals surface area (Å²) in [5, 5.41) is 0. The number of aryl methyl sites for hydroxylation is 2. The van der Waals surface area contributed by atoms with Gasteiger partial charge in [0.05, 0.1) is 32.0 Å². The fourth-order valence-corrected chi connectivity index (χ4v) is 3.88. The van der Waals surface area contributed by atoms with Gasteiger partial charge < -0.3 is 25.1 Å². The molecule has 1 amide bonds. The van der Waals surface area contributed by atoms with E-state index in [4.69, 9.17) is 15.2 Å². The topological polar surface area (TPSA) is 80.6 Å². The van der Waals surface area contributed by atoms with Gasteiger partial charge in [0.25, 0.3) is 5.91 Å². The summed E-state index contributed by atoms with van der Waals surface area (Å²) >= 11 is 0. The van der Waals surface area contributed by atoms with Crippen LogP contribution < -0.4 is 20.1 Å². The van der Waals surface area contributed by atoms with Crippen LogP contribution in [0.4, 0.5) is 11.4 Å². The molecule has 3 aromatic rings. The molecule has 4 rings (SSSR count). The lowest BCUT2D eigenvalue weighted by atomic mass is 10.0. The molecule has 2 heterocycles. The predicted molar refractivity (Wildman–Crippen MR) is 120 cm³/mol. The molecule has 2 aromatic carbocycles. The van der Waals surface area contributed by atoms with E-state index >= 15 is 0 Å². The van der Waals surface area contributed by atoms with E-state index in [2.05, 4.69) is 11.1 Å². The van der Waals surface area contributed by atoms with Crippen LogP contribution in [0.25, 0.3) is 11.6 Å². The number of rotatable bonds is 5. The standard InChI is InChI=1S/C24H25N3O3/c1-14-9-15(2)26-20(14)12-19-18-11-17(25)6-7-21(18)27(24(19)28)13-16-5-8-22(29-3)23(10-16)30-4/h5-12,26H,13,25H2,1-4H3. The normalized spacial score (nSPS) is 14.3. The van der Waals surface area contributed by atoms with Gasteiger partial charge in [0.2, 0.25) is 0 Å². The van der Waals surface area contributed by atoms with Gasteiger partial charge in [-0.1, -0.05) is 6.07 Å². The van der Waals surface area contributed by atoms with Crippen molar-refractivity contribution in [3.8, 4) is 11.5 Å². The van der Waals surface area contributed by atoms with Crippen molar-refractivity contribution in [3.05, 3.63) is 70.5 Å². The number of nitrogens with two attached hydrogens (primary N) is 1. The highest BCUT2D eigenvalue weighted by Gasteiger charge is 2.33. The number of benzene rings is 2. The molecule has 3 N–H and O–H groups in total. The molecular weight excluding hydrogens is 378 g/mol. The summed E-state index contributed by atoms with van der Waals surface area (Å²) in [5.74, 6) is 1.23. The molecule has 0 radical (unpaired) electrons. The van der Waals surface area contributed by atoms with E-state index in [0.717, 1.165) is 33.8 Å². The summed E-state index contributed by atoms with van der Waals surface area (Å²) in [6, 6.07) is 13.3. The van der Waals surface area contributed by atoms with E-state index in [1.807, 2.05) is 56.3 Å². The quantitative estimate of drug-likeness (QED) is 0.491. The molecule has 0 atom stereocenters. The Hall–Kier alpha value is -3.67. The maximum atomic E-state index is 13.4. The number of nitrogens with zero attached hydrogens (tertiary/aromatic N) is 1. The molecule has 1 aliphatic rings. The number of amides is 1. The number of nitrogens with one attached hydrogen (secondary N) is 1. The van der Waals surface area contributed by atoms with Crippen LogP contribution in [0.3, 0.4) is 0 Å². The number of carbonyl (C=O) groups is 1. The van der Waals surface area contributed by atoms with E-state index in [1.165, 1.54) is 0 Å². The van der Waals surface area contributed by atoms with Crippen LogP contribution in [-0.2, 0) is 11.3 Å². The van der Waals surface area contributed by atoms with E-state index in [0.29, 0.717) is 29.3 Å². The molecule has 0 spiro atoms. The summed E-state index contributed by atoms with van der Waals surface area (Å²) < 4.78 is 10.7. The minimum absolute atomic E-state index is 0.0583. The molecule has 154 valence electrons. The molecule has 6 heteroatoms. The number of anilines is 2. The molecule has 1 aromatic heterocycles. The zero-order valence-corrected chi connectivity index (χ0v) is 17.6. The lowest BCUT2D eigenvalue weighted by Gasteiger charge is -2.18. The Balaban J connectivity index is 1.75. The third-order valence-electron chi connectivity index (χ3n) is 5.34. The van der Waals surface area contributed by atoms with Gasteiger partial charge in [-0.15, -0.1) is 0 Å². The van der Waals surface area contributed by atoms with Crippen molar-refractivity contribution in [1.29, 1.82) is 0 Å². The van der Waals surface area contributed by atoms with Gasteiger partial charge in [-0.2, -0.15) is 0 Å². The van der Waals surface area contributed by atoms with Gasteiger partial charge in [-0.25, -0.2) is 0 Å². The van der Waals surface area contributed by atoms with Gasteiger partial charge in [-0.05, 0) is 67.4 Å². The first kappa shape index (κ1) is 19.6. The number of aromatic amines is 1. The number of fused-ring (bicyclic) bond motifs is 1. The number of aromatic nitrogens is 1. The number of ether oxygens (including phenoxy) is 2. The first-order chi connectivity index (χ1) is 14.4. The number of H-pyrrole nitrogens is 1. The third-order valence-corrected chi connectivity index (χ3v) is 5.34. The number of carbonyl (C=O) groups excluding carboxylic acids is 1. The first-order valence-electron chi connectivity index (χ1n) is 9.72. The molecular formula is C24H25N3O3. The molecule has 0 aliphatic carbocycles. The van der Waals surface area contributed by atoms with Crippen LogP contribution in [-0.4, -0.2) is 25.1 Å². The highest BCUT2D eigenvalue weighted by atomic mass is 16.5. The molecule has 1 aliphatic heterocycles. The van der Waals surface area contributed by atoms with Crippen molar-refractivity contribution in [2.45, 2.75) is 20.4 Å². The highest BCUT2D eigenvalue weighted by Crippen LogP contribution is 2.40. The predicted octanol–water partition coefficient (Wildman–Crippen LogP) is 4.32. The van der Waals surface area contributed by atoms with E-state index in [9.17, 15) is 4.79 Å². The lowest BCUT2D eigenvalue weighted by Crippen LogP contribution is -2.25. The minimum Gasteiger partial charge on any atom is -0.493 e. The SMILES string of the molecule is COc1ccc(CN2C(=O)C(=Cc3[nH]c(C)cc3C)c3cc(N)ccc32)cc1OC. The molecule has 30 heavy (non-hydrogen) atoms. The Bertz CT molecular complexity index is 1160. The summed E-state index contributed by atoms with van der Waals surface area (Å²) in [6.07, 6.45) is 1.91. The van der Waals surface area contributed by atoms with E-state index in [1.54, 1.807) is 19.1 Å². The number of hydrogen-bond donors (Lipinski definition) is 2. The zero-order chi connectivity index (χ0) is 21.4. The van der Waals surface area contributed by atoms with Crippen molar-refractivity contribution in [3.63, 3.8) is 0 Å². The maximum Gasteiger partial charge on any atom is 0.259 e. The lowest BCUT2D eigenvalue weighted by molar-refractivity contribution is -0.113. The molecule has 0 unspecified atom stereocenters. The van der Waals surface area contributed by atoms with E-state index < -0.39 is 0 Å². The Labute approximate surface area is 175 Å². The summed E-state index contributed by atoms with van der Waals surface area (Å²) in [6.45, 7) is 4.44. The smallest absolute Gasteiger partial charge is 0.259 e. The zero-order valence-electron chi connectivity index (χ0n) is 17.6. The van der Waals surface area contributed by atoms with Gasteiger partial charge in [0, 0.05) is 22.6 Å². The second-order valence-electron chi connectivity index (χ2n) is 7.46. The Morgan fingerprint density at radius 2 is 1.80 bits per heavy atom. The van der Waals surface area contributed by atoms with Gasteiger partial charge >= 0.3 is 0 Å². The summed E-state index contributed by atoms with van der Waals surface area (Å²) in [4.78, 5) is 18.5. The monoisotopic (exact) mass is 403 g/mol. The average molecular weight is 403 g/mol. The van der Waals surface area contributed by atoms with E-state index in [-0.39, 0.29) is 5.91 Å². The molecule has 6 nitrogen and oxygen atoms in total. The van der Waals surface area contributed by atoms with Crippen molar-refractivity contribution < 1.29 is 14.3 Å². The fourth-order valence-electron chi connectivity index (χ4n) is 3.88. The van der Waals surface area contributed by atoms with Gasteiger partial charge in [-0.3, -0.25) is 4.79 Å². The third kappa shape index (κ3) is 3.41. The van der Waals surface area contributed by atoms with Crippen molar-refractivity contribution in [1.82, 2.24) is 4.98 Å². The largest absolute Gasteiger partial charge is 0.493 e. The number of nitrogen functional groups attached to an aromatic ring is 1. The van der Waals surface area contributed by atoms with Crippen LogP contribution in [0.1, 0.15) is 28.1 Å². The number of hydrogen-bond acceptors (Lipinski definition) is 4. The Morgan fingerprint density at radius 1 is 1.03 bits per heavy atom. The highest BCUT2D eigenvalue weighted by molar-refractivity contribution is 6.35. The minimum atomic E-state index is -0.0583. The summed E-state index contributed by atoms with van der Waals surface area (Å²) in [5.41, 5.74) is 13.0.